The first-order valence-electron chi connectivity index (χ1n) is 4.00. The van der Waals surface area contributed by atoms with E-state index in [4.69, 9.17) is 16.7 Å². The van der Waals surface area contributed by atoms with Crippen LogP contribution >= 0.6 is 11.6 Å². The van der Waals surface area contributed by atoms with Gasteiger partial charge in [-0.05, 0) is 17.7 Å². The van der Waals surface area contributed by atoms with Gasteiger partial charge in [0, 0.05) is 5.02 Å². The monoisotopic (exact) mass is 215 g/mol. The van der Waals surface area contributed by atoms with Crippen molar-refractivity contribution >= 4 is 17.7 Å². The Morgan fingerprint density at radius 2 is 2.29 bits per heavy atom. The standard InChI is InChI=1S/C9H10ClNO3/c10-7-3-1-2-6(4-7)8(12)5-11-9(13)14/h1-4,8,11-12H,5H2,(H,13,14)/t8-/m0/s1. The molecule has 0 saturated heterocycles. The molecule has 0 aliphatic rings. The number of halogens is 1. The van der Waals surface area contributed by atoms with E-state index in [0.29, 0.717) is 10.6 Å². The van der Waals surface area contributed by atoms with Gasteiger partial charge in [-0.3, -0.25) is 0 Å². The number of benzene rings is 1. The Balaban J connectivity index is 2.60. The van der Waals surface area contributed by atoms with Gasteiger partial charge in [-0.15, -0.1) is 0 Å². The van der Waals surface area contributed by atoms with Gasteiger partial charge in [-0.25, -0.2) is 4.79 Å². The summed E-state index contributed by atoms with van der Waals surface area (Å²) in [7, 11) is 0. The Kier molecular flexibility index (Phi) is 3.73. The molecule has 1 amide bonds. The molecule has 5 heteroatoms. The molecule has 0 fully saturated rings. The smallest absolute Gasteiger partial charge is 0.404 e. The van der Waals surface area contributed by atoms with Crippen LogP contribution in [0.1, 0.15) is 11.7 Å². The molecule has 3 N–H and O–H groups in total. The van der Waals surface area contributed by atoms with Crippen molar-refractivity contribution in [1.29, 1.82) is 0 Å². The maximum absolute atomic E-state index is 10.2. The number of hydrogen-bond acceptors (Lipinski definition) is 2. The molecular weight excluding hydrogens is 206 g/mol. The highest BCUT2D eigenvalue weighted by Crippen LogP contribution is 2.16. The van der Waals surface area contributed by atoms with Crippen LogP contribution in [0.5, 0.6) is 0 Å². The zero-order chi connectivity index (χ0) is 10.6. The van der Waals surface area contributed by atoms with Crippen molar-refractivity contribution in [2.24, 2.45) is 0 Å². The van der Waals surface area contributed by atoms with Crippen molar-refractivity contribution < 1.29 is 15.0 Å². The summed E-state index contributed by atoms with van der Waals surface area (Å²) in [6.45, 7) is -0.0460. The zero-order valence-corrected chi connectivity index (χ0v) is 8.03. The van der Waals surface area contributed by atoms with Gasteiger partial charge in [0.15, 0.2) is 0 Å². The third kappa shape index (κ3) is 3.24. The van der Waals surface area contributed by atoms with Crippen molar-refractivity contribution in [3.8, 4) is 0 Å². The van der Waals surface area contributed by atoms with Gasteiger partial charge in [0.05, 0.1) is 12.6 Å². The molecule has 0 aliphatic carbocycles. The lowest BCUT2D eigenvalue weighted by Gasteiger charge is -2.10. The summed E-state index contributed by atoms with van der Waals surface area (Å²) in [5.41, 5.74) is 0.589. The second-order valence-corrected chi connectivity index (χ2v) is 3.19. The predicted octanol–water partition coefficient (Wildman–Crippen LogP) is 1.64. The minimum atomic E-state index is -1.16. The van der Waals surface area contributed by atoms with Crippen molar-refractivity contribution in [2.75, 3.05) is 6.54 Å². The lowest BCUT2D eigenvalue weighted by molar-refractivity contribution is 0.159. The Morgan fingerprint density at radius 1 is 1.57 bits per heavy atom. The maximum atomic E-state index is 10.2. The average molecular weight is 216 g/mol. The molecule has 0 spiro atoms. The molecule has 76 valence electrons. The van der Waals surface area contributed by atoms with E-state index in [1.807, 2.05) is 0 Å². The van der Waals surface area contributed by atoms with Crippen molar-refractivity contribution in [2.45, 2.75) is 6.10 Å². The van der Waals surface area contributed by atoms with Crippen molar-refractivity contribution in [1.82, 2.24) is 5.32 Å². The molecule has 1 atom stereocenters. The number of carbonyl (C=O) groups is 1. The molecule has 0 heterocycles. The van der Waals surface area contributed by atoms with E-state index in [1.54, 1.807) is 24.3 Å². The molecule has 4 nitrogen and oxygen atoms in total. The maximum Gasteiger partial charge on any atom is 0.404 e. The van der Waals surface area contributed by atoms with E-state index in [-0.39, 0.29) is 6.54 Å². The Bertz CT molecular complexity index is 330. The second kappa shape index (κ2) is 4.83. The number of aliphatic hydroxyl groups is 1. The molecule has 1 aromatic carbocycles. The van der Waals surface area contributed by atoms with Gasteiger partial charge in [0.2, 0.25) is 0 Å². The van der Waals surface area contributed by atoms with Crippen LogP contribution in [-0.4, -0.2) is 22.9 Å². The summed E-state index contributed by atoms with van der Waals surface area (Å²) in [5, 5.41) is 20.4. The molecule has 0 bridgehead atoms. The lowest BCUT2D eigenvalue weighted by Crippen LogP contribution is -2.26. The van der Waals surface area contributed by atoms with Gasteiger partial charge >= 0.3 is 6.09 Å². The minimum absolute atomic E-state index is 0.0460. The highest BCUT2D eigenvalue weighted by atomic mass is 35.5. The van der Waals surface area contributed by atoms with Crippen LogP contribution in [0.4, 0.5) is 4.79 Å². The van der Waals surface area contributed by atoms with E-state index in [0.717, 1.165) is 0 Å². The number of nitrogens with one attached hydrogen (secondary N) is 1. The normalized spacial score (nSPS) is 12.1. The Morgan fingerprint density at radius 3 is 2.86 bits per heavy atom. The highest BCUT2D eigenvalue weighted by molar-refractivity contribution is 6.30. The topological polar surface area (TPSA) is 69.6 Å². The first kappa shape index (κ1) is 10.8. The van der Waals surface area contributed by atoms with Crippen molar-refractivity contribution in [3.05, 3.63) is 34.9 Å². The quantitative estimate of drug-likeness (QED) is 0.718. The summed E-state index contributed by atoms with van der Waals surface area (Å²) in [4.78, 5) is 10.2. The molecule has 14 heavy (non-hydrogen) atoms. The fraction of sp³-hybridized carbons (Fsp3) is 0.222. The molecular formula is C9H10ClNO3. The van der Waals surface area contributed by atoms with E-state index in [9.17, 15) is 9.90 Å². The molecule has 1 rings (SSSR count). The molecule has 0 aliphatic heterocycles. The lowest BCUT2D eigenvalue weighted by atomic mass is 10.1. The van der Waals surface area contributed by atoms with E-state index in [2.05, 4.69) is 5.32 Å². The van der Waals surface area contributed by atoms with E-state index >= 15 is 0 Å². The largest absolute Gasteiger partial charge is 0.465 e. The van der Waals surface area contributed by atoms with Gasteiger partial charge in [-0.2, -0.15) is 0 Å². The van der Waals surface area contributed by atoms with Crippen LogP contribution in [0.25, 0.3) is 0 Å². The van der Waals surface area contributed by atoms with Crippen molar-refractivity contribution in [3.63, 3.8) is 0 Å². The van der Waals surface area contributed by atoms with Crippen LogP contribution in [0, 0.1) is 0 Å². The highest BCUT2D eigenvalue weighted by Gasteiger charge is 2.08. The van der Waals surface area contributed by atoms with E-state index in [1.165, 1.54) is 0 Å². The summed E-state index contributed by atoms with van der Waals surface area (Å²) >= 11 is 5.70. The zero-order valence-electron chi connectivity index (χ0n) is 7.27. The SMILES string of the molecule is O=C(O)NC[C@H](O)c1cccc(Cl)c1. The molecule has 0 saturated carbocycles. The number of rotatable bonds is 3. The van der Waals surface area contributed by atoms with Crippen LogP contribution in [0.2, 0.25) is 5.02 Å². The molecule has 0 radical (unpaired) electrons. The average Bonchev–Trinajstić information content (AvgIpc) is 2.14. The van der Waals surface area contributed by atoms with Gasteiger partial charge in [-0.1, -0.05) is 23.7 Å². The summed E-state index contributed by atoms with van der Waals surface area (Å²) < 4.78 is 0. The Hall–Kier alpha value is -1.26. The predicted molar refractivity (Wildman–Crippen MR) is 52.4 cm³/mol. The fourth-order valence-electron chi connectivity index (χ4n) is 1.02. The summed E-state index contributed by atoms with van der Waals surface area (Å²) in [5.74, 6) is 0. The van der Waals surface area contributed by atoms with Crippen LogP contribution in [-0.2, 0) is 0 Å². The molecule has 1 aromatic rings. The van der Waals surface area contributed by atoms with Crippen LogP contribution in [0.15, 0.2) is 24.3 Å². The Labute approximate surface area is 86.1 Å². The molecule has 0 aromatic heterocycles. The van der Waals surface area contributed by atoms with E-state index < -0.39 is 12.2 Å². The third-order valence-electron chi connectivity index (χ3n) is 1.68. The number of aliphatic hydroxyl groups excluding tert-OH is 1. The second-order valence-electron chi connectivity index (χ2n) is 2.76. The minimum Gasteiger partial charge on any atom is -0.465 e. The molecule has 0 unspecified atom stereocenters. The first-order valence-corrected chi connectivity index (χ1v) is 4.37. The van der Waals surface area contributed by atoms with Gasteiger partial charge in [0.25, 0.3) is 0 Å². The number of amides is 1. The first-order chi connectivity index (χ1) is 6.59. The van der Waals surface area contributed by atoms with Crippen LogP contribution < -0.4 is 5.32 Å². The third-order valence-corrected chi connectivity index (χ3v) is 1.92. The summed E-state index contributed by atoms with van der Waals surface area (Å²) in [6, 6.07) is 6.65. The summed E-state index contributed by atoms with van der Waals surface area (Å²) in [6.07, 6.45) is -2.03. The van der Waals surface area contributed by atoms with Gasteiger partial charge < -0.3 is 15.5 Å². The van der Waals surface area contributed by atoms with Crippen LogP contribution in [0.3, 0.4) is 0 Å². The number of hydrogen-bond donors (Lipinski definition) is 3. The fourth-order valence-corrected chi connectivity index (χ4v) is 1.21. The van der Waals surface area contributed by atoms with Gasteiger partial charge in [0.1, 0.15) is 0 Å². The number of carboxylic acid groups (broad SMARTS) is 1.